The lowest BCUT2D eigenvalue weighted by molar-refractivity contribution is -0.117. The van der Waals surface area contributed by atoms with Crippen molar-refractivity contribution in [1.29, 1.82) is 0 Å². The predicted octanol–water partition coefficient (Wildman–Crippen LogP) is 2.11. The van der Waals surface area contributed by atoms with Gasteiger partial charge in [0.15, 0.2) is 5.78 Å². The topological polar surface area (TPSA) is 29.1 Å². The molecule has 0 aliphatic rings. The van der Waals surface area contributed by atoms with Crippen LogP contribution >= 0.6 is 0 Å². The normalized spacial score (nSPS) is 10.3. The fourth-order valence-electron chi connectivity index (χ4n) is 1.40. The molecule has 0 aliphatic heterocycles. The van der Waals surface area contributed by atoms with E-state index in [0.29, 0.717) is 13.0 Å². The minimum atomic E-state index is 0.257. The van der Waals surface area contributed by atoms with Crippen LogP contribution in [0.4, 0.5) is 0 Å². The minimum absolute atomic E-state index is 0.257. The summed E-state index contributed by atoms with van der Waals surface area (Å²) in [7, 11) is 0. The molecule has 0 aliphatic carbocycles. The molecular weight excluding hydrogens is 186 g/mol. The maximum absolute atomic E-state index is 11.5. The van der Waals surface area contributed by atoms with Gasteiger partial charge >= 0.3 is 0 Å². The van der Waals surface area contributed by atoms with Gasteiger partial charge in [0.1, 0.15) is 0 Å². The summed E-state index contributed by atoms with van der Waals surface area (Å²) in [6.45, 7) is 5.55. The van der Waals surface area contributed by atoms with Gasteiger partial charge in [-0.3, -0.25) is 4.79 Å². The van der Waals surface area contributed by atoms with Crippen LogP contribution in [0.5, 0.6) is 0 Å². The number of hydrogen-bond acceptors (Lipinski definition) is 2. The molecule has 1 N–H and O–H groups in total. The summed E-state index contributed by atoms with van der Waals surface area (Å²) in [6.07, 6.45) is 1.61. The lowest BCUT2D eigenvalue weighted by Crippen LogP contribution is -2.24. The molecule has 0 heterocycles. The Labute approximate surface area is 91.7 Å². The van der Waals surface area contributed by atoms with Crippen LogP contribution in [0.3, 0.4) is 0 Å². The smallest absolute Gasteiger partial charge is 0.150 e. The lowest BCUT2D eigenvalue weighted by atomic mass is 10.1. The molecule has 0 fully saturated rings. The fourth-order valence-corrected chi connectivity index (χ4v) is 1.40. The van der Waals surface area contributed by atoms with Gasteiger partial charge in [-0.1, -0.05) is 36.8 Å². The molecule has 0 saturated heterocycles. The van der Waals surface area contributed by atoms with Crippen molar-refractivity contribution in [3.63, 3.8) is 0 Å². The first kappa shape index (κ1) is 11.9. The van der Waals surface area contributed by atoms with Crippen molar-refractivity contribution in [3.8, 4) is 0 Å². The highest BCUT2D eigenvalue weighted by atomic mass is 16.1. The van der Waals surface area contributed by atoms with E-state index in [2.05, 4.69) is 19.2 Å². The van der Waals surface area contributed by atoms with Gasteiger partial charge in [-0.15, -0.1) is 0 Å². The number of carbonyl (C=O) groups is 1. The number of carbonyl (C=O) groups excluding carboxylic acids is 1. The molecule has 0 amide bonds. The molecule has 82 valence electrons. The van der Waals surface area contributed by atoms with Gasteiger partial charge in [0.2, 0.25) is 0 Å². The first-order valence-electron chi connectivity index (χ1n) is 5.50. The van der Waals surface area contributed by atoms with Crippen LogP contribution in [0, 0.1) is 6.92 Å². The summed E-state index contributed by atoms with van der Waals surface area (Å²) in [6, 6.07) is 8.13. The molecule has 1 aromatic rings. The summed E-state index contributed by atoms with van der Waals surface area (Å²) in [4.78, 5) is 11.5. The Morgan fingerprint density at radius 3 is 2.53 bits per heavy atom. The number of benzene rings is 1. The molecule has 0 unspecified atom stereocenters. The van der Waals surface area contributed by atoms with Crippen molar-refractivity contribution in [2.24, 2.45) is 0 Å². The summed E-state index contributed by atoms with van der Waals surface area (Å²) >= 11 is 0. The first-order chi connectivity index (χ1) is 7.22. The van der Waals surface area contributed by atoms with E-state index >= 15 is 0 Å². The monoisotopic (exact) mass is 205 g/mol. The maximum Gasteiger partial charge on any atom is 0.150 e. The number of nitrogens with one attached hydrogen (secondary N) is 1. The summed E-state index contributed by atoms with van der Waals surface area (Å²) in [5.41, 5.74) is 2.33. The Bertz CT molecular complexity index is 303. The molecule has 0 bridgehead atoms. The molecule has 1 rings (SSSR count). The van der Waals surface area contributed by atoms with Crippen LogP contribution in [-0.4, -0.2) is 18.9 Å². The molecule has 0 atom stereocenters. The second-order valence-corrected chi connectivity index (χ2v) is 3.88. The van der Waals surface area contributed by atoms with Crippen LogP contribution in [0.1, 0.15) is 24.5 Å². The zero-order valence-electron chi connectivity index (χ0n) is 9.55. The molecule has 0 spiro atoms. The average Bonchev–Trinajstić information content (AvgIpc) is 2.22. The second-order valence-electron chi connectivity index (χ2n) is 3.88. The van der Waals surface area contributed by atoms with Crippen LogP contribution in [-0.2, 0) is 11.2 Å². The first-order valence-corrected chi connectivity index (χ1v) is 5.50. The largest absolute Gasteiger partial charge is 0.310 e. The van der Waals surface area contributed by atoms with Crippen molar-refractivity contribution in [2.45, 2.75) is 26.7 Å². The van der Waals surface area contributed by atoms with Crippen molar-refractivity contribution < 1.29 is 4.79 Å². The van der Waals surface area contributed by atoms with Gasteiger partial charge < -0.3 is 5.32 Å². The summed E-state index contributed by atoms with van der Waals surface area (Å²) in [5.74, 6) is 0.257. The number of aryl methyl sites for hydroxylation is 1. The van der Waals surface area contributed by atoms with E-state index in [9.17, 15) is 4.79 Å². The molecule has 0 aromatic heterocycles. The minimum Gasteiger partial charge on any atom is -0.310 e. The quantitative estimate of drug-likeness (QED) is 0.721. The van der Waals surface area contributed by atoms with Crippen LogP contribution in [0.2, 0.25) is 0 Å². The van der Waals surface area contributed by atoms with Crippen LogP contribution in [0.25, 0.3) is 0 Å². The standard InChI is InChI=1S/C13H19NO/c1-3-8-14-10-13(15)9-12-6-4-11(2)5-7-12/h4-7,14H,3,8-10H2,1-2H3. The van der Waals surface area contributed by atoms with Crippen molar-refractivity contribution in [2.75, 3.05) is 13.1 Å². The Kier molecular flexibility index (Phi) is 5.05. The van der Waals surface area contributed by atoms with Crippen LogP contribution in [0.15, 0.2) is 24.3 Å². The Morgan fingerprint density at radius 2 is 1.93 bits per heavy atom. The van der Waals surface area contributed by atoms with E-state index in [4.69, 9.17) is 0 Å². The zero-order chi connectivity index (χ0) is 11.1. The highest BCUT2D eigenvalue weighted by Gasteiger charge is 2.02. The molecule has 0 radical (unpaired) electrons. The molecule has 15 heavy (non-hydrogen) atoms. The van der Waals surface area contributed by atoms with E-state index < -0.39 is 0 Å². The highest BCUT2D eigenvalue weighted by molar-refractivity contribution is 5.82. The van der Waals surface area contributed by atoms with Gasteiger partial charge in [-0.25, -0.2) is 0 Å². The van der Waals surface area contributed by atoms with Crippen molar-refractivity contribution in [1.82, 2.24) is 5.32 Å². The lowest BCUT2D eigenvalue weighted by Gasteiger charge is -2.03. The number of ketones is 1. The van der Waals surface area contributed by atoms with E-state index in [1.165, 1.54) is 5.56 Å². The molecule has 0 saturated carbocycles. The zero-order valence-corrected chi connectivity index (χ0v) is 9.55. The van der Waals surface area contributed by atoms with Gasteiger partial charge in [-0.05, 0) is 25.5 Å². The molecule has 2 nitrogen and oxygen atoms in total. The van der Waals surface area contributed by atoms with Crippen molar-refractivity contribution in [3.05, 3.63) is 35.4 Å². The molecule has 2 heteroatoms. The van der Waals surface area contributed by atoms with Gasteiger partial charge in [-0.2, -0.15) is 0 Å². The van der Waals surface area contributed by atoms with Gasteiger partial charge in [0.25, 0.3) is 0 Å². The second kappa shape index (κ2) is 6.36. The third-order valence-corrected chi connectivity index (χ3v) is 2.27. The summed E-state index contributed by atoms with van der Waals surface area (Å²) < 4.78 is 0. The Balaban J connectivity index is 2.34. The van der Waals surface area contributed by atoms with E-state index in [1.807, 2.05) is 24.3 Å². The number of rotatable bonds is 6. The SMILES string of the molecule is CCCNCC(=O)Cc1ccc(C)cc1. The average molecular weight is 205 g/mol. The highest BCUT2D eigenvalue weighted by Crippen LogP contribution is 2.03. The third-order valence-electron chi connectivity index (χ3n) is 2.27. The fraction of sp³-hybridized carbons (Fsp3) is 0.462. The van der Waals surface area contributed by atoms with Gasteiger partial charge in [0, 0.05) is 6.42 Å². The van der Waals surface area contributed by atoms with Crippen LogP contribution < -0.4 is 5.32 Å². The van der Waals surface area contributed by atoms with Crippen molar-refractivity contribution >= 4 is 5.78 Å². The van der Waals surface area contributed by atoms with Gasteiger partial charge in [0.05, 0.1) is 6.54 Å². The maximum atomic E-state index is 11.5. The summed E-state index contributed by atoms with van der Waals surface area (Å²) in [5, 5.41) is 3.12. The number of hydrogen-bond donors (Lipinski definition) is 1. The van der Waals surface area contributed by atoms with E-state index in [1.54, 1.807) is 0 Å². The predicted molar refractivity (Wildman–Crippen MR) is 63.1 cm³/mol. The Hall–Kier alpha value is -1.15. The van der Waals surface area contributed by atoms with E-state index in [0.717, 1.165) is 18.5 Å². The Morgan fingerprint density at radius 1 is 1.27 bits per heavy atom. The molecule has 1 aromatic carbocycles. The van der Waals surface area contributed by atoms with E-state index in [-0.39, 0.29) is 5.78 Å². The molecular formula is C13H19NO. The number of Topliss-reactive ketones (excluding diaryl/α,β-unsaturated/α-hetero) is 1. The third kappa shape index (κ3) is 4.75.